The predicted octanol–water partition coefficient (Wildman–Crippen LogP) is 3.83. The second kappa shape index (κ2) is 7.98. The molecule has 0 atom stereocenters. The molecule has 0 aliphatic carbocycles. The van der Waals surface area contributed by atoms with Crippen LogP contribution in [0.25, 0.3) is 11.4 Å². The summed E-state index contributed by atoms with van der Waals surface area (Å²) in [5.41, 5.74) is 4.19. The number of nitrogens with zero attached hydrogens (tertiary/aromatic N) is 4. The van der Waals surface area contributed by atoms with E-state index in [1.165, 1.54) is 6.42 Å². The molecule has 31 heavy (non-hydrogen) atoms. The number of carbonyl (C=O) groups excluding carboxylic acids is 2. The van der Waals surface area contributed by atoms with Crippen molar-refractivity contribution in [2.75, 3.05) is 16.8 Å². The summed E-state index contributed by atoms with van der Waals surface area (Å²) in [6, 6.07) is 13.3. The van der Waals surface area contributed by atoms with E-state index in [4.69, 9.17) is 0 Å². The van der Waals surface area contributed by atoms with Gasteiger partial charge in [0.05, 0.1) is 0 Å². The molecule has 3 aromatic rings. The van der Waals surface area contributed by atoms with Crippen molar-refractivity contribution >= 4 is 23.2 Å². The van der Waals surface area contributed by atoms with Gasteiger partial charge in [-0.25, -0.2) is 0 Å². The van der Waals surface area contributed by atoms with E-state index in [0.29, 0.717) is 12.1 Å². The minimum atomic E-state index is -0.165. The number of anilines is 2. The summed E-state index contributed by atoms with van der Waals surface area (Å²) >= 11 is 0. The number of fused-ring (bicyclic) bond motifs is 2. The van der Waals surface area contributed by atoms with Gasteiger partial charge in [0.15, 0.2) is 5.82 Å². The van der Waals surface area contributed by atoms with Crippen LogP contribution in [0.5, 0.6) is 0 Å². The molecule has 1 N–H and O–H groups in total. The summed E-state index contributed by atoms with van der Waals surface area (Å²) in [5, 5.41) is 11.8. The van der Waals surface area contributed by atoms with Crippen molar-refractivity contribution in [2.45, 2.75) is 45.6 Å². The highest BCUT2D eigenvalue weighted by atomic mass is 16.2. The molecule has 3 heterocycles. The number of hydrogen-bond donors (Lipinski definition) is 1. The van der Waals surface area contributed by atoms with Gasteiger partial charge < -0.3 is 14.8 Å². The standard InChI is InChI=1S/C24H25N5O2/c1-16(30)28-13-11-17-14-19(9-10-21(17)28)24(31)25-20-7-5-6-18(15-20)23-27-26-22-8-3-2-4-12-29(22)23/h5-7,9-10,14-15H,2-4,8,11-13H2,1H3,(H,25,31). The van der Waals surface area contributed by atoms with Gasteiger partial charge in [-0.3, -0.25) is 9.59 Å². The third kappa shape index (κ3) is 3.71. The predicted molar refractivity (Wildman–Crippen MR) is 119 cm³/mol. The van der Waals surface area contributed by atoms with E-state index in [1.807, 2.05) is 36.4 Å². The lowest BCUT2D eigenvalue weighted by Crippen LogP contribution is -2.25. The lowest BCUT2D eigenvalue weighted by molar-refractivity contribution is -0.116. The number of aryl methyl sites for hydroxylation is 1. The summed E-state index contributed by atoms with van der Waals surface area (Å²) in [6.07, 6.45) is 5.23. The Kier molecular flexibility index (Phi) is 5.02. The number of rotatable bonds is 3. The zero-order valence-electron chi connectivity index (χ0n) is 17.6. The molecule has 0 radical (unpaired) electrons. The molecule has 2 amide bonds. The first kappa shape index (κ1) is 19.5. The Balaban J connectivity index is 1.37. The largest absolute Gasteiger partial charge is 0.322 e. The lowest BCUT2D eigenvalue weighted by Gasteiger charge is -2.15. The molecular weight excluding hydrogens is 390 g/mol. The molecule has 0 saturated carbocycles. The van der Waals surface area contributed by atoms with Gasteiger partial charge in [-0.2, -0.15) is 0 Å². The molecule has 7 heteroatoms. The summed E-state index contributed by atoms with van der Waals surface area (Å²) < 4.78 is 2.20. The van der Waals surface area contributed by atoms with Crippen LogP contribution >= 0.6 is 0 Å². The van der Waals surface area contributed by atoms with E-state index in [-0.39, 0.29) is 11.8 Å². The number of amides is 2. The molecule has 0 spiro atoms. The van der Waals surface area contributed by atoms with Gasteiger partial charge in [0.1, 0.15) is 5.82 Å². The first-order valence-electron chi connectivity index (χ1n) is 10.8. The molecule has 0 fully saturated rings. The topological polar surface area (TPSA) is 80.1 Å². The molecule has 5 rings (SSSR count). The highest BCUT2D eigenvalue weighted by molar-refractivity contribution is 6.05. The van der Waals surface area contributed by atoms with Crippen molar-refractivity contribution < 1.29 is 9.59 Å². The quantitative estimate of drug-likeness (QED) is 0.705. The average Bonchev–Trinajstić information content (AvgIpc) is 3.31. The van der Waals surface area contributed by atoms with Gasteiger partial charge in [-0.15, -0.1) is 10.2 Å². The summed E-state index contributed by atoms with van der Waals surface area (Å²) in [4.78, 5) is 26.4. The van der Waals surface area contributed by atoms with Crippen LogP contribution in [0, 0.1) is 0 Å². The van der Waals surface area contributed by atoms with Crippen LogP contribution in [0.2, 0.25) is 0 Å². The number of hydrogen-bond acceptors (Lipinski definition) is 4. The SMILES string of the molecule is CC(=O)N1CCc2cc(C(=O)Nc3cccc(-c4nnc5n4CCCCC5)c3)ccc21. The van der Waals surface area contributed by atoms with E-state index in [2.05, 4.69) is 20.1 Å². The van der Waals surface area contributed by atoms with E-state index >= 15 is 0 Å². The van der Waals surface area contributed by atoms with Crippen molar-refractivity contribution in [1.82, 2.24) is 14.8 Å². The fourth-order valence-corrected chi connectivity index (χ4v) is 4.51. The summed E-state index contributed by atoms with van der Waals surface area (Å²) in [6.45, 7) is 3.16. The van der Waals surface area contributed by atoms with Crippen molar-refractivity contribution in [2.24, 2.45) is 0 Å². The normalized spacial score (nSPS) is 15.2. The minimum absolute atomic E-state index is 0.0270. The monoisotopic (exact) mass is 415 g/mol. The molecule has 1 aromatic heterocycles. The Morgan fingerprint density at radius 1 is 0.968 bits per heavy atom. The first-order valence-corrected chi connectivity index (χ1v) is 10.8. The molecule has 2 aliphatic heterocycles. The molecule has 158 valence electrons. The number of carbonyl (C=O) groups is 2. The van der Waals surface area contributed by atoms with Crippen LogP contribution in [0.4, 0.5) is 11.4 Å². The smallest absolute Gasteiger partial charge is 0.255 e. The Morgan fingerprint density at radius 3 is 2.74 bits per heavy atom. The molecule has 7 nitrogen and oxygen atoms in total. The van der Waals surface area contributed by atoms with Gasteiger partial charge in [-0.05, 0) is 55.2 Å². The fraction of sp³-hybridized carbons (Fsp3) is 0.333. The maximum atomic E-state index is 12.9. The fourth-order valence-electron chi connectivity index (χ4n) is 4.51. The minimum Gasteiger partial charge on any atom is -0.322 e. The molecular formula is C24H25N5O2. The summed E-state index contributed by atoms with van der Waals surface area (Å²) in [7, 11) is 0. The van der Waals surface area contributed by atoms with Gasteiger partial charge in [-0.1, -0.05) is 18.6 Å². The zero-order chi connectivity index (χ0) is 21.4. The third-order valence-electron chi connectivity index (χ3n) is 6.11. The Hall–Kier alpha value is -3.48. The Labute approximate surface area is 181 Å². The van der Waals surface area contributed by atoms with E-state index in [1.54, 1.807) is 17.9 Å². The Bertz CT molecular complexity index is 1170. The van der Waals surface area contributed by atoms with Crippen LogP contribution in [0.15, 0.2) is 42.5 Å². The van der Waals surface area contributed by atoms with Gasteiger partial charge in [0, 0.05) is 48.9 Å². The zero-order valence-corrected chi connectivity index (χ0v) is 17.6. The van der Waals surface area contributed by atoms with Crippen LogP contribution in [-0.2, 0) is 24.2 Å². The number of nitrogens with one attached hydrogen (secondary N) is 1. The maximum absolute atomic E-state index is 12.9. The highest BCUT2D eigenvalue weighted by Crippen LogP contribution is 2.29. The van der Waals surface area contributed by atoms with Gasteiger partial charge in [0.25, 0.3) is 5.91 Å². The van der Waals surface area contributed by atoms with Gasteiger partial charge >= 0.3 is 0 Å². The second-order valence-electron chi connectivity index (χ2n) is 8.20. The third-order valence-corrected chi connectivity index (χ3v) is 6.11. The number of aromatic nitrogens is 3. The highest BCUT2D eigenvalue weighted by Gasteiger charge is 2.23. The molecule has 0 bridgehead atoms. The lowest BCUT2D eigenvalue weighted by atomic mass is 10.1. The molecule has 2 aliphatic rings. The van der Waals surface area contributed by atoms with E-state index in [9.17, 15) is 9.59 Å². The van der Waals surface area contributed by atoms with Crippen molar-refractivity contribution in [3.05, 3.63) is 59.4 Å². The maximum Gasteiger partial charge on any atom is 0.255 e. The van der Waals surface area contributed by atoms with Crippen LogP contribution < -0.4 is 10.2 Å². The van der Waals surface area contributed by atoms with E-state index < -0.39 is 0 Å². The second-order valence-corrected chi connectivity index (χ2v) is 8.20. The number of benzene rings is 2. The van der Waals surface area contributed by atoms with Crippen molar-refractivity contribution in [3.63, 3.8) is 0 Å². The van der Waals surface area contributed by atoms with Crippen molar-refractivity contribution in [1.29, 1.82) is 0 Å². The van der Waals surface area contributed by atoms with Crippen LogP contribution in [-0.4, -0.2) is 33.1 Å². The average molecular weight is 415 g/mol. The Morgan fingerprint density at radius 2 is 1.87 bits per heavy atom. The molecule has 0 unspecified atom stereocenters. The molecule has 2 aromatic carbocycles. The summed E-state index contributed by atoms with van der Waals surface area (Å²) in [5.74, 6) is 1.76. The van der Waals surface area contributed by atoms with Crippen molar-refractivity contribution in [3.8, 4) is 11.4 Å². The van der Waals surface area contributed by atoms with Crippen LogP contribution in [0.1, 0.15) is 47.9 Å². The van der Waals surface area contributed by atoms with Gasteiger partial charge in [0.2, 0.25) is 5.91 Å². The molecule has 0 saturated heterocycles. The van der Waals surface area contributed by atoms with Crippen LogP contribution in [0.3, 0.4) is 0 Å². The first-order chi connectivity index (χ1) is 15.1. The van der Waals surface area contributed by atoms with E-state index in [0.717, 1.165) is 66.4 Å².